The lowest BCUT2D eigenvalue weighted by molar-refractivity contribution is -0.145. The number of carbonyl (C=O) groups excluding carboxylic acids is 3. The van der Waals surface area contributed by atoms with Crippen molar-refractivity contribution in [2.45, 2.75) is 49.7 Å². The van der Waals surface area contributed by atoms with Crippen LogP contribution in [0.2, 0.25) is 0 Å². The van der Waals surface area contributed by atoms with Gasteiger partial charge in [-0.05, 0) is 37.3 Å². The highest BCUT2D eigenvalue weighted by atomic mass is 32.2. The molecule has 1 spiro atoms. The number of benzene rings is 1. The third-order valence-corrected chi connectivity index (χ3v) is 7.62. The summed E-state index contributed by atoms with van der Waals surface area (Å²) in [6.45, 7) is 0. The molecule has 1 aliphatic carbocycles. The minimum atomic E-state index is -1.13. The zero-order valence-corrected chi connectivity index (χ0v) is 16.8. The molecule has 3 amide bonds. The third kappa shape index (κ3) is 2.29. The summed E-state index contributed by atoms with van der Waals surface area (Å²) in [5.74, 6) is -0.675. The van der Waals surface area contributed by atoms with Gasteiger partial charge >= 0.3 is 0 Å². The SMILES string of the molecule is CSCC[C@H]1N[C@@]2(C(=O)Nc3ccccc32)[C@@H]2C(=O)N(C3CCCC3)C(=O)[C@@H]21. The van der Waals surface area contributed by atoms with Crippen LogP contribution in [0.4, 0.5) is 5.69 Å². The summed E-state index contributed by atoms with van der Waals surface area (Å²) >= 11 is 1.72. The lowest BCUT2D eigenvalue weighted by Crippen LogP contribution is -2.54. The molecule has 2 N–H and O–H groups in total. The van der Waals surface area contributed by atoms with E-state index in [2.05, 4.69) is 10.6 Å². The molecule has 4 atom stereocenters. The van der Waals surface area contributed by atoms with E-state index in [0.717, 1.165) is 49.1 Å². The number of fused-ring (bicyclic) bond motifs is 4. The van der Waals surface area contributed by atoms with Gasteiger partial charge in [0.05, 0.1) is 11.8 Å². The number of likely N-dealkylation sites (tertiary alicyclic amines) is 1. The maximum absolute atomic E-state index is 13.6. The number of nitrogens with zero attached hydrogens (tertiary/aromatic N) is 1. The standard InChI is InChI=1S/C21H25N3O3S/c1-28-11-10-15-16-17(19(26)24(18(16)25)12-6-2-3-7-12)21(23-15)13-8-4-5-9-14(13)22-20(21)27/h4-5,8-9,12,15-17,23H,2-3,6-7,10-11H2,1H3,(H,22,27)/t15-,16-,17+,21-/m1/s1. The van der Waals surface area contributed by atoms with Gasteiger partial charge in [-0.15, -0.1) is 0 Å². The van der Waals surface area contributed by atoms with Crippen molar-refractivity contribution in [1.82, 2.24) is 10.2 Å². The van der Waals surface area contributed by atoms with Crippen molar-refractivity contribution in [3.63, 3.8) is 0 Å². The molecule has 0 unspecified atom stereocenters. The highest BCUT2D eigenvalue weighted by Gasteiger charge is 2.70. The van der Waals surface area contributed by atoms with E-state index < -0.39 is 17.4 Å². The first-order chi connectivity index (χ1) is 13.6. The molecule has 0 bridgehead atoms. The predicted octanol–water partition coefficient (Wildman–Crippen LogP) is 2.10. The Morgan fingerprint density at radius 3 is 2.64 bits per heavy atom. The first-order valence-electron chi connectivity index (χ1n) is 10.1. The van der Waals surface area contributed by atoms with Gasteiger partial charge in [-0.2, -0.15) is 11.8 Å². The monoisotopic (exact) mass is 399 g/mol. The van der Waals surface area contributed by atoms with E-state index in [1.54, 1.807) is 11.8 Å². The van der Waals surface area contributed by atoms with E-state index in [1.807, 2.05) is 30.5 Å². The fourth-order valence-electron chi connectivity index (χ4n) is 5.80. The number of nitrogens with one attached hydrogen (secondary N) is 2. The Bertz CT molecular complexity index is 853. The number of rotatable bonds is 4. The van der Waals surface area contributed by atoms with Crippen LogP contribution in [-0.4, -0.2) is 46.7 Å². The molecule has 1 aromatic rings. The topological polar surface area (TPSA) is 78.5 Å². The number of amides is 3. The molecular formula is C21H25N3O3S. The second kappa shape index (κ2) is 6.59. The summed E-state index contributed by atoms with van der Waals surface area (Å²) in [4.78, 5) is 41.8. The van der Waals surface area contributed by atoms with Crippen LogP contribution in [0.3, 0.4) is 0 Å². The van der Waals surface area contributed by atoms with Gasteiger partial charge in [0.2, 0.25) is 17.7 Å². The molecule has 0 aromatic heterocycles. The lowest BCUT2D eigenvalue weighted by atomic mass is 9.76. The van der Waals surface area contributed by atoms with Crippen molar-refractivity contribution in [2.24, 2.45) is 11.8 Å². The van der Waals surface area contributed by atoms with Gasteiger partial charge in [0.15, 0.2) is 0 Å². The number of anilines is 1. The largest absolute Gasteiger partial charge is 0.324 e. The molecule has 5 rings (SSSR count). The summed E-state index contributed by atoms with van der Waals surface area (Å²) in [7, 11) is 0. The van der Waals surface area contributed by atoms with E-state index in [-0.39, 0.29) is 29.8 Å². The van der Waals surface area contributed by atoms with E-state index in [4.69, 9.17) is 0 Å². The van der Waals surface area contributed by atoms with Gasteiger partial charge in [-0.25, -0.2) is 0 Å². The van der Waals surface area contributed by atoms with Gasteiger partial charge in [0.25, 0.3) is 0 Å². The predicted molar refractivity (Wildman–Crippen MR) is 108 cm³/mol. The average Bonchev–Trinajstić information content (AvgIpc) is 3.42. The molecule has 1 saturated carbocycles. The molecule has 1 aromatic carbocycles. The number of imide groups is 1. The van der Waals surface area contributed by atoms with Gasteiger partial charge in [-0.3, -0.25) is 24.6 Å². The van der Waals surface area contributed by atoms with Crippen LogP contribution >= 0.6 is 11.8 Å². The molecule has 7 heteroatoms. The average molecular weight is 400 g/mol. The second-order valence-corrected chi connectivity index (χ2v) is 9.31. The molecule has 2 saturated heterocycles. The smallest absolute Gasteiger partial charge is 0.250 e. The van der Waals surface area contributed by atoms with Crippen LogP contribution in [0.25, 0.3) is 0 Å². The molecule has 28 heavy (non-hydrogen) atoms. The third-order valence-electron chi connectivity index (χ3n) is 6.98. The van der Waals surface area contributed by atoms with Crippen molar-refractivity contribution < 1.29 is 14.4 Å². The van der Waals surface area contributed by atoms with Crippen LogP contribution in [0.5, 0.6) is 0 Å². The van der Waals surface area contributed by atoms with E-state index in [0.29, 0.717) is 0 Å². The van der Waals surface area contributed by atoms with Crippen LogP contribution in [0.15, 0.2) is 24.3 Å². The minimum absolute atomic E-state index is 0.00329. The van der Waals surface area contributed by atoms with Crippen LogP contribution in [0, 0.1) is 11.8 Å². The van der Waals surface area contributed by atoms with Gasteiger partial charge in [0.1, 0.15) is 5.54 Å². The first-order valence-corrected chi connectivity index (χ1v) is 11.5. The Morgan fingerprint density at radius 1 is 1.14 bits per heavy atom. The van der Waals surface area contributed by atoms with Crippen LogP contribution in [-0.2, 0) is 19.9 Å². The van der Waals surface area contributed by atoms with E-state index in [1.165, 1.54) is 4.90 Å². The highest BCUT2D eigenvalue weighted by molar-refractivity contribution is 7.98. The Labute approximate surface area is 168 Å². The Hall–Kier alpha value is -1.86. The fraction of sp³-hybridized carbons (Fsp3) is 0.571. The number of hydrogen-bond acceptors (Lipinski definition) is 5. The van der Waals surface area contributed by atoms with Crippen molar-refractivity contribution in [3.05, 3.63) is 29.8 Å². The summed E-state index contributed by atoms with van der Waals surface area (Å²) in [6.07, 6.45) is 6.67. The summed E-state index contributed by atoms with van der Waals surface area (Å²) < 4.78 is 0. The quantitative estimate of drug-likeness (QED) is 0.758. The number of carbonyl (C=O) groups is 3. The van der Waals surface area contributed by atoms with Gasteiger partial charge < -0.3 is 5.32 Å². The van der Waals surface area contributed by atoms with Crippen molar-refractivity contribution in [1.29, 1.82) is 0 Å². The normalized spacial score (nSPS) is 34.4. The number of hydrogen-bond donors (Lipinski definition) is 2. The Balaban J connectivity index is 1.61. The van der Waals surface area contributed by atoms with Crippen LogP contribution in [0.1, 0.15) is 37.7 Å². The maximum Gasteiger partial charge on any atom is 0.250 e. The lowest BCUT2D eigenvalue weighted by Gasteiger charge is -2.31. The molecule has 148 valence electrons. The molecule has 3 heterocycles. The molecule has 0 radical (unpaired) electrons. The number of thioether (sulfide) groups is 1. The van der Waals surface area contributed by atoms with Gasteiger partial charge in [-0.1, -0.05) is 31.0 Å². The minimum Gasteiger partial charge on any atom is -0.324 e. The molecule has 3 fully saturated rings. The van der Waals surface area contributed by atoms with E-state index in [9.17, 15) is 14.4 Å². The van der Waals surface area contributed by atoms with Crippen LogP contribution < -0.4 is 10.6 Å². The fourth-order valence-corrected chi connectivity index (χ4v) is 6.29. The zero-order chi connectivity index (χ0) is 19.5. The van der Waals surface area contributed by atoms with Crippen molar-refractivity contribution >= 4 is 35.2 Å². The molecule has 6 nitrogen and oxygen atoms in total. The zero-order valence-electron chi connectivity index (χ0n) is 15.9. The van der Waals surface area contributed by atoms with E-state index >= 15 is 0 Å². The second-order valence-electron chi connectivity index (χ2n) is 8.33. The Morgan fingerprint density at radius 2 is 1.89 bits per heavy atom. The molecular weight excluding hydrogens is 374 g/mol. The summed E-state index contributed by atoms with van der Waals surface area (Å²) in [5.41, 5.74) is 0.407. The first kappa shape index (κ1) is 18.2. The van der Waals surface area contributed by atoms with Crippen molar-refractivity contribution in [2.75, 3.05) is 17.3 Å². The highest BCUT2D eigenvalue weighted by Crippen LogP contribution is 2.54. The Kier molecular flexibility index (Phi) is 4.28. The van der Waals surface area contributed by atoms with Gasteiger partial charge in [0, 0.05) is 23.3 Å². The molecule has 4 aliphatic rings. The maximum atomic E-state index is 13.6. The molecule has 3 aliphatic heterocycles. The number of para-hydroxylation sites is 1. The summed E-state index contributed by atoms with van der Waals surface area (Å²) in [5, 5.41) is 6.44. The summed E-state index contributed by atoms with van der Waals surface area (Å²) in [6, 6.07) is 7.37. The van der Waals surface area contributed by atoms with Crippen molar-refractivity contribution in [3.8, 4) is 0 Å².